The van der Waals surface area contributed by atoms with Gasteiger partial charge in [0.05, 0.1) is 0 Å². The molecule has 0 saturated carbocycles. The highest BCUT2D eigenvalue weighted by atomic mass is 79.9. The van der Waals surface area contributed by atoms with E-state index in [4.69, 9.17) is 0 Å². The molecule has 1 atom stereocenters. The fraction of sp³-hybridized carbons (Fsp3) is 0.462. The second-order valence-electron chi connectivity index (χ2n) is 4.44. The number of carbonyl (C=O) groups excluding carboxylic acids is 1. The summed E-state index contributed by atoms with van der Waals surface area (Å²) >= 11 is 5.32. The molecule has 1 aliphatic heterocycles. The van der Waals surface area contributed by atoms with Gasteiger partial charge in [-0.05, 0) is 30.7 Å². The number of anilines is 1. The predicted molar refractivity (Wildman–Crippen MR) is 88.5 cm³/mol. The fourth-order valence-electron chi connectivity index (χ4n) is 1.94. The maximum absolute atomic E-state index is 11.9. The molecule has 0 spiro atoms. The number of halogens is 2. The van der Waals surface area contributed by atoms with Gasteiger partial charge in [-0.1, -0.05) is 15.9 Å². The summed E-state index contributed by atoms with van der Waals surface area (Å²) in [4.78, 5) is 11.9. The topological polar surface area (TPSA) is 41.1 Å². The summed E-state index contributed by atoms with van der Waals surface area (Å²) in [5.41, 5.74) is 1.97. The minimum absolute atomic E-state index is 0. The maximum Gasteiger partial charge on any atom is 0.225 e. The van der Waals surface area contributed by atoms with Crippen molar-refractivity contribution < 1.29 is 4.79 Å². The van der Waals surface area contributed by atoms with Crippen LogP contribution in [0.5, 0.6) is 0 Å². The van der Waals surface area contributed by atoms with Gasteiger partial charge in [0, 0.05) is 40.7 Å². The molecular formula is C13H18BrClN2OS. The molecule has 0 aliphatic carbocycles. The van der Waals surface area contributed by atoms with Crippen LogP contribution < -0.4 is 10.6 Å². The Kier molecular flexibility index (Phi) is 7.21. The molecule has 6 heteroatoms. The first-order valence-electron chi connectivity index (χ1n) is 6.02. The van der Waals surface area contributed by atoms with Gasteiger partial charge in [0.1, 0.15) is 0 Å². The van der Waals surface area contributed by atoms with Crippen molar-refractivity contribution in [2.75, 3.05) is 23.4 Å². The molecule has 1 saturated heterocycles. The molecule has 1 aromatic carbocycles. The van der Waals surface area contributed by atoms with Crippen molar-refractivity contribution in [3.05, 3.63) is 28.2 Å². The lowest BCUT2D eigenvalue weighted by Crippen LogP contribution is -2.39. The highest BCUT2D eigenvalue weighted by Gasteiger charge is 2.16. The molecule has 19 heavy (non-hydrogen) atoms. The second-order valence-corrected chi connectivity index (χ2v) is 6.50. The average Bonchev–Trinajstić information content (AvgIpc) is 2.34. The zero-order valence-electron chi connectivity index (χ0n) is 10.7. The maximum atomic E-state index is 11.9. The van der Waals surface area contributed by atoms with E-state index in [-0.39, 0.29) is 18.3 Å². The molecule has 0 aromatic heterocycles. The van der Waals surface area contributed by atoms with Gasteiger partial charge in [0.25, 0.3) is 0 Å². The van der Waals surface area contributed by atoms with Gasteiger partial charge >= 0.3 is 0 Å². The van der Waals surface area contributed by atoms with Gasteiger partial charge in [-0.15, -0.1) is 12.4 Å². The Morgan fingerprint density at radius 1 is 1.58 bits per heavy atom. The van der Waals surface area contributed by atoms with Crippen LogP contribution >= 0.6 is 40.1 Å². The Morgan fingerprint density at radius 2 is 2.37 bits per heavy atom. The number of rotatable bonds is 3. The summed E-state index contributed by atoms with van der Waals surface area (Å²) in [7, 11) is 0. The quantitative estimate of drug-likeness (QED) is 0.864. The molecule has 106 valence electrons. The van der Waals surface area contributed by atoms with E-state index in [0.29, 0.717) is 12.5 Å². The highest BCUT2D eigenvalue weighted by molar-refractivity contribution is 9.10. The summed E-state index contributed by atoms with van der Waals surface area (Å²) in [6, 6.07) is 6.18. The number of thioether (sulfide) groups is 1. The third-order valence-corrected chi connectivity index (χ3v) is 4.52. The smallest absolute Gasteiger partial charge is 0.225 e. The summed E-state index contributed by atoms with van der Waals surface area (Å²) in [6.45, 7) is 3.00. The van der Waals surface area contributed by atoms with Crippen molar-refractivity contribution in [2.24, 2.45) is 0 Å². The van der Waals surface area contributed by atoms with Gasteiger partial charge in [-0.3, -0.25) is 4.79 Å². The molecule has 0 bridgehead atoms. The van der Waals surface area contributed by atoms with E-state index in [1.807, 2.05) is 36.9 Å². The Labute approximate surface area is 132 Å². The number of hydrogen-bond donors (Lipinski definition) is 2. The molecule has 0 radical (unpaired) electrons. The molecule has 1 aromatic rings. The summed E-state index contributed by atoms with van der Waals surface area (Å²) < 4.78 is 1.03. The van der Waals surface area contributed by atoms with Crippen molar-refractivity contribution in [1.29, 1.82) is 0 Å². The van der Waals surface area contributed by atoms with Crippen LogP contribution in [0.1, 0.15) is 12.0 Å². The Bertz CT molecular complexity index is 439. The molecular weight excluding hydrogens is 348 g/mol. The predicted octanol–water partition coefficient (Wildman–Crippen LogP) is 3.21. The van der Waals surface area contributed by atoms with Crippen LogP contribution in [0.2, 0.25) is 0 Å². The molecule has 1 heterocycles. The normalized spacial score (nSPS) is 18.5. The molecule has 3 nitrogen and oxygen atoms in total. The minimum Gasteiger partial charge on any atom is -0.326 e. The van der Waals surface area contributed by atoms with Gasteiger partial charge in [0.2, 0.25) is 5.91 Å². The molecule has 1 unspecified atom stereocenters. The van der Waals surface area contributed by atoms with Crippen LogP contribution in [-0.4, -0.2) is 30.0 Å². The van der Waals surface area contributed by atoms with Crippen LogP contribution in [0.15, 0.2) is 22.7 Å². The first kappa shape index (κ1) is 16.8. The lowest BCUT2D eigenvalue weighted by Gasteiger charge is -2.22. The number of amides is 1. The summed E-state index contributed by atoms with van der Waals surface area (Å²) in [5.74, 6) is 2.25. The van der Waals surface area contributed by atoms with E-state index in [9.17, 15) is 4.79 Å². The van der Waals surface area contributed by atoms with Gasteiger partial charge in [0.15, 0.2) is 0 Å². The lowest BCUT2D eigenvalue weighted by molar-refractivity contribution is -0.116. The standard InChI is InChI=1S/C13H17BrN2OS.ClH/c1-9-6-10(14)2-3-12(9)16-13(17)7-11-8-18-5-4-15-11;/h2-3,6,11,15H,4-5,7-8H2,1H3,(H,16,17);1H. The largest absolute Gasteiger partial charge is 0.326 e. The summed E-state index contributed by atoms with van der Waals surface area (Å²) in [5, 5.41) is 6.35. The van der Waals surface area contributed by atoms with Crippen molar-refractivity contribution in [1.82, 2.24) is 5.32 Å². The van der Waals surface area contributed by atoms with Gasteiger partial charge in [-0.25, -0.2) is 0 Å². The van der Waals surface area contributed by atoms with E-state index in [1.54, 1.807) is 0 Å². The third kappa shape index (κ3) is 5.34. The van der Waals surface area contributed by atoms with Gasteiger partial charge in [-0.2, -0.15) is 11.8 Å². The van der Waals surface area contributed by atoms with Crippen molar-refractivity contribution >= 4 is 51.7 Å². The molecule has 1 aliphatic rings. The molecule has 1 fully saturated rings. The lowest BCUT2D eigenvalue weighted by atomic mass is 10.1. The number of nitrogens with one attached hydrogen (secondary N) is 2. The third-order valence-electron chi connectivity index (χ3n) is 2.89. The number of aryl methyl sites for hydroxylation is 1. The number of hydrogen-bond acceptors (Lipinski definition) is 3. The van der Waals surface area contributed by atoms with Gasteiger partial charge < -0.3 is 10.6 Å². The minimum atomic E-state index is 0. The van der Waals surface area contributed by atoms with E-state index in [2.05, 4.69) is 26.6 Å². The SMILES string of the molecule is Cc1cc(Br)ccc1NC(=O)CC1CSCCN1.Cl. The molecule has 2 N–H and O–H groups in total. The van der Waals surface area contributed by atoms with Crippen LogP contribution in [0, 0.1) is 6.92 Å². The van der Waals surface area contributed by atoms with Crippen LogP contribution in [-0.2, 0) is 4.79 Å². The zero-order chi connectivity index (χ0) is 13.0. The Balaban J connectivity index is 0.00000180. The molecule has 2 rings (SSSR count). The van der Waals surface area contributed by atoms with E-state index < -0.39 is 0 Å². The van der Waals surface area contributed by atoms with Crippen molar-refractivity contribution in [3.8, 4) is 0 Å². The van der Waals surface area contributed by atoms with Crippen LogP contribution in [0.3, 0.4) is 0 Å². The van der Waals surface area contributed by atoms with E-state index in [0.717, 1.165) is 33.8 Å². The Morgan fingerprint density at radius 3 is 3.00 bits per heavy atom. The van der Waals surface area contributed by atoms with Crippen LogP contribution in [0.4, 0.5) is 5.69 Å². The van der Waals surface area contributed by atoms with Crippen LogP contribution in [0.25, 0.3) is 0 Å². The van der Waals surface area contributed by atoms with Crippen molar-refractivity contribution in [3.63, 3.8) is 0 Å². The number of carbonyl (C=O) groups is 1. The molecule has 1 amide bonds. The zero-order valence-corrected chi connectivity index (χ0v) is 14.0. The summed E-state index contributed by atoms with van der Waals surface area (Å²) in [6.07, 6.45) is 0.544. The highest BCUT2D eigenvalue weighted by Crippen LogP contribution is 2.20. The fourth-order valence-corrected chi connectivity index (χ4v) is 3.37. The Hall–Kier alpha value is -0.230. The average molecular weight is 366 g/mol. The number of benzene rings is 1. The van der Waals surface area contributed by atoms with Crippen molar-refractivity contribution in [2.45, 2.75) is 19.4 Å². The monoisotopic (exact) mass is 364 g/mol. The first-order valence-corrected chi connectivity index (χ1v) is 7.97. The van der Waals surface area contributed by atoms with E-state index >= 15 is 0 Å². The second kappa shape index (κ2) is 8.15. The van der Waals surface area contributed by atoms with E-state index in [1.165, 1.54) is 0 Å². The first-order chi connectivity index (χ1) is 8.65.